The summed E-state index contributed by atoms with van der Waals surface area (Å²) in [7, 11) is -3.63. The molecule has 5 rings (SSSR count). The lowest BCUT2D eigenvalue weighted by Crippen LogP contribution is -2.51. The fourth-order valence-corrected chi connectivity index (χ4v) is 6.80. The molecule has 0 bridgehead atoms. The molecule has 3 aliphatic heterocycles. The highest BCUT2D eigenvalue weighted by molar-refractivity contribution is 7.92. The summed E-state index contributed by atoms with van der Waals surface area (Å²) in [6.07, 6.45) is 8.20. The van der Waals surface area contributed by atoms with Crippen LogP contribution in [0.15, 0.2) is 34.2 Å². The Bertz CT molecular complexity index is 1420. The SMILES string of the molecule is Cc1cc(C2(N)N=CC=C(Nc3cn(C(C)C)nc3S(=O)(=O)C(C)C)N2)c2c(c1C1CCNCC1)CC(C)O2. The molecular formula is C28H41N7O3S. The van der Waals surface area contributed by atoms with Crippen LogP contribution in [0.5, 0.6) is 5.75 Å². The minimum Gasteiger partial charge on any atom is -0.490 e. The molecule has 0 saturated carbocycles. The lowest BCUT2D eigenvalue weighted by atomic mass is 9.81. The normalized spacial score (nSPS) is 23.5. The average molecular weight is 556 g/mol. The summed E-state index contributed by atoms with van der Waals surface area (Å²) in [5, 5.41) is 13.8. The van der Waals surface area contributed by atoms with E-state index in [1.807, 2.05) is 13.8 Å². The minimum absolute atomic E-state index is 0.00622. The van der Waals surface area contributed by atoms with Gasteiger partial charge in [0.2, 0.25) is 20.7 Å². The van der Waals surface area contributed by atoms with E-state index in [1.165, 1.54) is 16.7 Å². The molecule has 1 fully saturated rings. The highest BCUT2D eigenvalue weighted by Crippen LogP contribution is 2.45. The number of fused-ring (bicyclic) bond motifs is 1. The number of nitrogens with zero attached hydrogens (tertiary/aromatic N) is 3. The zero-order valence-electron chi connectivity index (χ0n) is 23.7. The third kappa shape index (κ3) is 5.07. The van der Waals surface area contributed by atoms with Gasteiger partial charge in [0.15, 0.2) is 0 Å². The van der Waals surface area contributed by atoms with Crippen molar-refractivity contribution in [2.24, 2.45) is 10.7 Å². The molecule has 11 heteroatoms. The average Bonchev–Trinajstić information content (AvgIpc) is 3.48. The van der Waals surface area contributed by atoms with Crippen molar-refractivity contribution in [3.05, 3.63) is 46.4 Å². The summed E-state index contributed by atoms with van der Waals surface area (Å²) in [5.74, 6) is 0.533. The standard InChI is InChI=1S/C28H41N7O3S/c1-16(2)35-15-23(27(34-35)39(36,37)17(3)4)32-24-9-12-31-28(29,33-24)22-13-18(5)25(20-7-10-30-11-8-20)21-14-19(6)38-26(21)22/h9,12-13,15-17,19-20,30,32-33H,7-8,10-11,14,29H2,1-6H3. The Hall–Kier alpha value is -2.89. The molecule has 3 aliphatic rings. The van der Waals surface area contributed by atoms with Crippen LogP contribution in [-0.2, 0) is 22.0 Å². The molecule has 1 aromatic carbocycles. The Morgan fingerprint density at radius 1 is 1.23 bits per heavy atom. The molecule has 2 atom stereocenters. The number of allylic oxidation sites excluding steroid dienone is 1. The van der Waals surface area contributed by atoms with Gasteiger partial charge in [-0.15, -0.1) is 0 Å². The summed E-state index contributed by atoms with van der Waals surface area (Å²) in [5.41, 5.74) is 11.9. The van der Waals surface area contributed by atoms with E-state index in [0.717, 1.165) is 43.7 Å². The van der Waals surface area contributed by atoms with Gasteiger partial charge in [-0.2, -0.15) is 5.10 Å². The van der Waals surface area contributed by atoms with Crippen molar-refractivity contribution in [2.45, 2.75) is 94.9 Å². The lowest BCUT2D eigenvalue weighted by Gasteiger charge is -2.34. The van der Waals surface area contributed by atoms with E-state index < -0.39 is 20.9 Å². The Morgan fingerprint density at radius 3 is 2.62 bits per heavy atom. The molecule has 212 valence electrons. The van der Waals surface area contributed by atoms with Crippen molar-refractivity contribution in [2.75, 3.05) is 18.4 Å². The van der Waals surface area contributed by atoms with Gasteiger partial charge in [0.25, 0.3) is 0 Å². The largest absolute Gasteiger partial charge is 0.490 e. The zero-order chi connectivity index (χ0) is 28.1. The number of anilines is 1. The monoisotopic (exact) mass is 555 g/mol. The van der Waals surface area contributed by atoms with E-state index in [9.17, 15) is 8.42 Å². The third-order valence-electron chi connectivity index (χ3n) is 7.83. The van der Waals surface area contributed by atoms with E-state index in [4.69, 9.17) is 10.5 Å². The number of aryl methyl sites for hydroxylation is 1. The van der Waals surface area contributed by atoms with Crippen LogP contribution >= 0.6 is 0 Å². The number of ether oxygens (including phenoxy) is 1. The molecular weight excluding hydrogens is 514 g/mol. The van der Waals surface area contributed by atoms with Crippen LogP contribution < -0.4 is 26.4 Å². The fourth-order valence-electron chi connectivity index (χ4n) is 5.73. The van der Waals surface area contributed by atoms with Crippen LogP contribution in [0.4, 0.5) is 5.69 Å². The van der Waals surface area contributed by atoms with Gasteiger partial charge in [-0.05, 0) is 96.7 Å². The van der Waals surface area contributed by atoms with Crippen molar-refractivity contribution < 1.29 is 13.2 Å². The van der Waals surface area contributed by atoms with Gasteiger partial charge in [-0.25, -0.2) is 13.4 Å². The second-order valence-corrected chi connectivity index (χ2v) is 13.9. The Labute approximate surface area is 231 Å². The second-order valence-electron chi connectivity index (χ2n) is 11.5. The van der Waals surface area contributed by atoms with E-state index in [2.05, 4.69) is 46.0 Å². The van der Waals surface area contributed by atoms with Gasteiger partial charge in [0, 0.05) is 24.2 Å². The van der Waals surface area contributed by atoms with Gasteiger partial charge in [0.05, 0.1) is 22.7 Å². The van der Waals surface area contributed by atoms with Crippen molar-refractivity contribution in [1.82, 2.24) is 20.4 Å². The first-order valence-electron chi connectivity index (χ1n) is 13.9. The Morgan fingerprint density at radius 2 is 1.95 bits per heavy atom. The maximum absolute atomic E-state index is 13.1. The second kappa shape index (κ2) is 10.3. The lowest BCUT2D eigenvalue weighted by molar-refractivity contribution is 0.245. The first-order chi connectivity index (χ1) is 18.4. The number of sulfone groups is 1. The molecule has 5 N–H and O–H groups in total. The number of hydrogen-bond acceptors (Lipinski definition) is 9. The van der Waals surface area contributed by atoms with E-state index >= 15 is 0 Å². The van der Waals surface area contributed by atoms with Gasteiger partial charge in [0.1, 0.15) is 17.7 Å². The molecule has 10 nitrogen and oxygen atoms in total. The first kappa shape index (κ1) is 27.7. The summed E-state index contributed by atoms with van der Waals surface area (Å²) in [6, 6.07) is 2.10. The number of piperidine rings is 1. The summed E-state index contributed by atoms with van der Waals surface area (Å²) in [6.45, 7) is 13.5. The molecule has 0 amide bonds. The van der Waals surface area contributed by atoms with Crippen LogP contribution in [0.1, 0.15) is 81.7 Å². The molecule has 1 aromatic heterocycles. The van der Waals surface area contributed by atoms with Gasteiger partial charge < -0.3 is 20.7 Å². The highest BCUT2D eigenvalue weighted by atomic mass is 32.2. The van der Waals surface area contributed by atoms with Crippen LogP contribution in [0.3, 0.4) is 0 Å². The van der Waals surface area contributed by atoms with Crippen molar-refractivity contribution in [3.8, 4) is 5.75 Å². The Kier molecular flexibility index (Phi) is 7.28. The summed E-state index contributed by atoms with van der Waals surface area (Å²) in [4.78, 5) is 4.64. The maximum Gasteiger partial charge on any atom is 0.213 e. The van der Waals surface area contributed by atoms with Crippen LogP contribution in [0, 0.1) is 6.92 Å². The van der Waals surface area contributed by atoms with Crippen molar-refractivity contribution in [3.63, 3.8) is 0 Å². The van der Waals surface area contributed by atoms with Crippen LogP contribution in [0.2, 0.25) is 0 Å². The van der Waals surface area contributed by atoms with Crippen LogP contribution in [-0.4, -0.2) is 48.9 Å². The minimum atomic E-state index is -3.63. The summed E-state index contributed by atoms with van der Waals surface area (Å²) >= 11 is 0. The van der Waals surface area contributed by atoms with Gasteiger partial charge >= 0.3 is 0 Å². The van der Waals surface area contributed by atoms with E-state index in [0.29, 0.717) is 17.4 Å². The van der Waals surface area contributed by atoms with Crippen molar-refractivity contribution in [1.29, 1.82) is 0 Å². The molecule has 0 spiro atoms. The number of nitrogens with one attached hydrogen (secondary N) is 3. The third-order valence-corrected chi connectivity index (χ3v) is 9.91. The smallest absolute Gasteiger partial charge is 0.213 e. The topological polar surface area (TPSA) is 136 Å². The predicted octanol–water partition coefficient (Wildman–Crippen LogP) is 3.44. The predicted molar refractivity (Wildman–Crippen MR) is 154 cm³/mol. The van der Waals surface area contributed by atoms with Gasteiger partial charge in [-0.3, -0.25) is 10.4 Å². The number of nitrogens with two attached hydrogens (primary N) is 1. The van der Waals surface area contributed by atoms with E-state index in [1.54, 1.807) is 37.0 Å². The van der Waals surface area contributed by atoms with E-state index in [-0.39, 0.29) is 17.2 Å². The molecule has 2 aromatic rings. The number of rotatable bonds is 7. The van der Waals surface area contributed by atoms with Crippen molar-refractivity contribution >= 4 is 21.7 Å². The fraction of sp³-hybridized carbons (Fsp3) is 0.571. The maximum atomic E-state index is 13.1. The Balaban J connectivity index is 1.49. The molecule has 1 saturated heterocycles. The highest BCUT2D eigenvalue weighted by Gasteiger charge is 2.39. The molecule has 0 radical (unpaired) electrons. The molecule has 0 aliphatic carbocycles. The number of hydrogen-bond donors (Lipinski definition) is 4. The first-order valence-corrected chi connectivity index (χ1v) is 15.4. The number of aromatic nitrogens is 2. The zero-order valence-corrected chi connectivity index (χ0v) is 24.5. The molecule has 39 heavy (non-hydrogen) atoms. The molecule has 4 heterocycles. The number of aliphatic imine (C=N–C) groups is 1. The quantitative estimate of drug-likeness (QED) is 0.408. The number of benzene rings is 1. The van der Waals surface area contributed by atoms with Crippen LogP contribution in [0.25, 0.3) is 0 Å². The van der Waals surface area contributed by atoms with Gasteiger partial charge in [-0.1, -0.05) is 0 Å². The molecule has 2 unspecified atom stereocenters. The summed E-state index contributed by atoms with van der Waals surface area (Å²) < 4.78 is 34.2.